The molecule has 82 valence electrons. The highest BCUT2D eigenvalue weighted by Crippen LogP contribution is 2.26. The van der Waals surface area contributed by atoms with Crippen LogP contribution in [-0.2, 0) is 0 Å². The lowest BCUT2D eigenvalue weighted by Crippen LogP contribution is -1.95. The minimum absolute atomic E-state index is 0.776. The standard InChI is InChI=1S/C14H16N2/c1-10-3-5-11(6-4-10)12-7-8-13(15)14(9-12)16-2/h3-9,16H,15H2,1-2H3. The van der Waals surface area contributed by atoms with Crippen LogP contribution in [0.2, 0.25) is 0 Å². The number of nitrogens with one attached hydrogen (secondary N) is 1. The normalized spacial score (nSPS) is 10.1. The molecule has 0 bridgehead atoms. The third kappa shape index (κ3) is 2.01. The summed E-state index contributed by atoms with van der Waals surface area (Å²) in [5.74, 6) is 0. The predicted octanol–water partition coefficient (Wildman–Crippen LogP) is 3.29. The summed E-state index contributed by atoms with van der Waals surface area (Å²) in [5, 5.41) is 3.09. The summed E-state index contributed by atoms with van der Waals surface area (Å²) in [4.78, 5) is 0. The van der Waals surface area contributed by atoms with E-state index in [0.29, 0.717) is 0 Å². The number of hydrogen-bond donors (Lipinski definition) is 2. The van der Waals surface area contributed by atoms with Crippen molar-refractivity contribution < 1.29 is 0 Å². The first-order chi connectivity index (χ1) is 7.70. The average Bonchev–Trinajstić information content (AvgIpc) is 2.31. The SMILES string of the molecule is CNc1cc(-c2ccc(C)cc2)ccc1N. The summed E-state index contributed by atoms with van der Waals surface area (Å²) in [6.45, 7) is 2.09. The second kappa shape index (κ2) is 4.27. The fourth-order valence-corrected chi connectivity index (χ4v) is 1.70. The van der Waals surface area contributed by atoms with Crippen LogP contribution >= 0.6 is 0 Å². The first kappa shape index (κ1) is 10.6. The Labute approximate surface area is 96.1 Å². The summed E-state index contributed by atoms with van der Waals surface area (Å²) in [6, 6.07) is 14.5. The van der Waals surface area contributed by atoms with E-state index in [1.165, 1.54) is 16.7 Å². The molecule has 2 heteroatoms. The van der Waals surface area contributed by atoms with Crippen LogP contribution in [0, 0.1) is 6.92 Å². The van der Waals surface area contributed by atoms with Gasteiger partial charge in [-0.05, 0) is 30.2 Å². The Morgan fingerprint density at radius 3 is 2.19 bits per heavy atom. The van der Waals surface area contributed by atoms with Gasteiger partial charge in [0.1, 0.15) is 0 Å². The fraction of sp³-hybridized carbons (Fsp3) is 0.143. The van der Waals surface area contributed by atoms with Crippen LogP contribution in [0.5, 0.6) is 0 Å². The zero-order valence-electron chi connectivity index (χ0n) is 9.62. The topological polar surface area (TPSA) is 38.0 Å². The van der Waals surface area contributed by atoms with Crippen LogP contribution in [0.4, 0.5) is 11.4 Å². The molecule has 0 aromatic heterocycles. The average molecular weight is 212 g/mol. The molecule has 0 saturated heterocycles. The number of aryl methyl sites for hydroxylation is 1. The van der Waals surface area contributed by atoms with Gasteiger partial charge in [-0.25, -0.2) is 0 Å². The molecule has 0 aliphatic heterocycles. The van der Waals surface area contributed by atoms with Gasteiger partial charge in [-0.2, -0.15) is 0 Å². The van der Waals surface area contributed by atoms with E-state index < -0.39 is 0 Å². The molecule has 0 fully saturated rings. The summed E-state index contributed by atoms with van der Waals surface area (Å²) < 4.78 is 0. The first-order valence-electron chi connectivity index (χ1n) is 5.35. The third-order valence-corrected chi connectivity index (χ3v) is 2.71. The monoisotopic (exact) mass is 212 g/mol. The van der Waals surface area contributed by atoms with Gasteiger partial charge < -0.3 is 11.1 Å². The minimum Gasteiger partial charge on any atom is -0.397 e. The molecule has 0 atom stereocenters. The zero-order valence-corrected chi connectivity index (χ0v) is 9.62. The number of nitrogen functional groups attached to an aromatic ring is 1. The Bertz CT molecular complexity index is 487. The fourth-order valence-electron chi connectivity index (χ4n) is 1.70. The molecule has 0 amide bonds. The van der Waals surface area contributed by atoms with Crippen LogP contribution < -0.4 is 11.1 Å². The van der Waals surface area contributed by atoms with Gasteiger partial charge in [0.15, 0.2) is 0 Å². The first-order valence-corrected chi connectivity index (χ1v) is 5.35. The molecule has 2 aromatic carbocycles. The van der Waals surface area contributed by atoms with Gasteiger partial charge in [0, 0.05) is 7.05 Å². The Hall–Kier alpha value is -1.96. The molecule has 0 aliphatic rings. The molecule has 3 N–H and O–H groups in total. The van der Waals surface area contributed by atoms with E-state index in [0.717, 1.165) is 11.4 Å². The van der Waals surface area contributed by atoms with Crippen LogP contribution in [0.25, 0.3) is 11.1 Å². The van der Waals surface area contributed by atoms with E-state index in [-0.39, 0.29) is 0 Å². The second-order valence-electron chi connectivity index (χ2n) is 3.92. The number of rotatable bonds is 2. The van der Waals surface area contributed by atoms with E-state index in [1.807, 2.05) is 19.2 Å². The molecule has 0 saturated carbocycles. The van der Waals surface area contributed by atoms with Crippen molar-refractivity contribution in [2.24, 2.45) is 0 Å². The maximum Gasteiger partial charge on any atom is 0.0577 e. The number of benzene rings is 2. The van der Waals surface area contributed by atoms with Gasteiger partial charge in [0.05, 0.1) is 11.4 Å². The van der Waals surface area contributed by atoms with Crippen molar-refractivity contribution >= 4 is 11.4 Å². The lowest BCUT2D eigenvalue weighted by atomic mass is 10.0. The van der Waals surface area contributed by atoms with Crippen LogP contribution in [0.3, 0.4) is 0 Å². The van der Waals surface area contributed by atoms with Gasteiger partial charge in [-0.15, -0.1) is 0 Å². The maximum atomic E-state index is 5.84. The van der Waals surface area contributed by atoms with Gasteiger partial charge in [0.2, 0.25) is 0 Å². The molecule has 2 aromatic rings. The predicted molar refractivity (Wildman–Crippen MR) is 70.6 cm³/mol. The molecule has 0 spiro atoms. The molecule has 2 rings (SSSR count). The zero-order chi connectivity index (χ0) is 11.5. The van der Waals surface area contributed by atoms with Crippen LogP contribution in [-0.4, -0.2) is 7.05 Å². The van der Waals surface area contributed by atoms with Gasteiger partial charge in [-0.3, -0.25) is 0 Å². The second-order valence-corrected chi connectivity index (χ2v) is 3.92. The smallest absolute Gasteiger partial charge is 0.0577 e. The summed E-state index contributed by atoms with van der Waals surface area (Å²) in [7, 11) is 1.88. The molecular weight excluding hydrogens is 196 g/mol. The van der Waals surface area contributed by atoms with E-state index in [4.69, 9.17) is 5.73 Å². The van der Waals surface area contributed by atoms with E-state index in [9.17, 15) is 0 Å². The molecule has 2 nitrogen and oxygen atoms in total. The summed E-state index contributed by atoms with van der Waals surface area (Å²) in [5.41, 5.74) is 11.2. The molecule has 0 radical (unpaired) electrons. The van der Waals surface area contributed by atoms with Crippen molar-refractivity contribution in [2.75, 3.05) is 18.1 Å². The third-order valence-electron chi connectivity index (χ3n) is 2.71. The van der Waals surface area contributed by atoms with Crippen LogP contribution in [0.15, 0.2) is 42.5 Å². The minimum atomic E-state index is 0.776. The Morgan fingerprint density at radius 1 is 0.938 bits per heavy atom. The Kier molecular flexibility index (Phi) is 2.82. The van der Waals surface area contributed by atoms with Crippen molar-refractivity contribution in [3.63, 3.8) is 0 Å². The highest BCUT2D eigenvalue weighted by Gasteiger charge is 2.01. The number of anilines is 2. The lowest BCUT2D eigenvalue weighted by molar-refractivity contribution is 1.46. The van der Waals surface area contributed by atoms with Gasteiger partial charge in [0.25, 0.3) is 0 Å². The van der Waals surface area contributed by atoms with Crippen molar-refractivity contribution in [1.82, 2.24) is 0 Å². The van der Waals surface area contributed by atoms with E-state index in [2.05, 4.69) is 42.6 Å². The molecular formula is C14H16N2. The Morgan fingerprint density at radius 2 is 1.56 bits per heavy atom. The van der Waals surface area contributed by atoms with E-state index in [1.54, 1.807) is 0 Å². The van der Waals surface area contributed by atoms with Crippen LogP contribution in [0.1, 0.15) is 5.56 Å². The van der Waals surface area contributed by atoms with Crippen molar-refractivity contribution in [3.8, 4) is 11.1 Å². The summed E-state index contributed by atoms with van der Waals surface area (Å²) in [6.07, 6.45) is 0. The largest absolute Gasteiger partial charge is 0.397 e. The highest BCUT2D eigenvalue weighted by molar-refractivity contribution is 5.76. The van der Waals surface area contributed by atoms with E-state index >= 15 is 0 Å². The maximum absolute atomic E-state index is 5.84. The molecule has 0 heterocycles. The Balaban J connectivity index is 2.44. The highest BCUT2D eigenvalue weighted by atomic mass is 14.8. The molecule has 16 heavy (non-hydrogen) atoms. The molecule has 0 aliphatic carbocycles. The number of hydrogen-bond acceptors (Lipinski definition) is 2. The van der Waals surface area contributed by atoms with Gasteiger partial charge in [-0.1, -0.05) is 35.9 Å². The number of nitrogens with two attached hydrogens (primary N) is 1. The molecule has 0 unspecified atom stereocenters. The van der Waals surface area contributed by atoms with Crippen molar-refractivity contribution in [3.05, 3.63) is 48.0 Å². The summed E-state index contributed by atoms with van der Waals surface area (Å²) >= 11 is 0. The van der Waals surface area contributed by atoms with Gasteiger partial charge >= 0.3 is 0 Å². The van der Waals surface area contributed by atoms with Crippen molar-refractivity contribution in [1.29, 1.82) is 0 Å². The van der Waals surface area contributed by atoms with Crippen molar-refractivity contribution in [2.45, 2.75) is 6.92 Å². The quantitative estimate of drug-likeness (QED) is 0.750. The lowest BCUT2D eigenvalue weighted by Gasteiger charge is -2.08.